The molecule has 0 aliphatic carbocycles. The molecule has 2 N–H and O–H groups in total. The lowest BCUT2D eigenvalue weighted by atomic mass is 9.97. The van der Waals surface area contributed by atoms with Crippen LogP contribution >= 0.6 is 0 Å². The molecule has 1 aliphatic rings. The number of benzene rings is 2. The average Bonchev–Trinajstić information content (AvgIpc) is 3.04. The molecule has 4 rings (SSSR count). The van der Waals surface area contributed by atoms with Crippen molar-refractivity contribution in [1.29, 1.82) is 0 Å². The fraction of sp³-hybridized carbons (Fsp3) is 0.391. The van der Waals surface area contributed by atoms with E-state index in [1.807, 2.05) is 30.9 Å². The number of imidazole rings is 1. The van der Waals surface area contributed by atoms with E-state index in [0.717, 1.165) is 53.1 Å². The first-order valence-electron chi connectivity index (χ1n) is 10.00. The molecule has 5 nitrogen and oxygen atoms in total. The molecule has 1 fully saturated rings. The Hall–Kier alpha value is -2.82. The van der Waals surface area contributed by atoms with Crippen molar-refractivity contribution in [2.75, 3.05) is 18.4 Å². The Morgan fingerprint density at radius 2 is 1.79 bits per heavy atom. The SMILES string of the molecule is Cc1cc(C)cc(NC(=O)N2CCC[C@@H](c3nc4cc(C)c(C)cc4[nH]3)C2)c1. The second kappa shape index (κ2) is 7.30. The van der Waals surface area contributed by atoms with Gasteiger partial charge in [0.25, 0.3) is 0 Å². The summed E-state index contributed by atoms with van der Waals surface area (Å²) in [5.74, 6) is 1.23. The summed E-state index contributed by atoms with van der Waals surface area (Å²) in [6.45, 7) is 9.80. The Morgan fingerprint density at radius 3 is 2.54 bits per heavy atom. The number of aromatic nitrogens is 2. The van der Waals surface area contributed by atoms with E-state index in [9.17, 15) is 4.79 Å². The number of aromatic amines is 1. The van der Waals surface area contributed by atoms with Gasteiger partial charge in [0.05, 0.1) is 11.0 Å². The number of nitrogens with zero attached hydrogens (tertiary/aromatic N) is 2. The minimum Gasteiger partial charge on any atom is -0.342 e. The zero-order chi connectivity index (χ0) is 19.8. The molecule has 1 saturated heterocycles. The first-order valence-corrected chi connectivity index (χ1v) is 10.00. The predicted molar refractivity (Wildman–Crippen MR) is 114 cm³/mol. The van der Waals surface area contributed by atoms with Gasteiger partial charge in [0.1, 0.15) is 5.82 Å². The Balaban J connectivity index is 1.50. The summed E-state index contributed by atoms with van der Waals surface area (Å²) in [7, 11) is 0. The summed E-state index contributed by atoms with van der Waals surface area (Å²) < 4.78 is 0. The Kier molecular flexibility index (Phi) is 4.84. The second-order valence-electron chi connectivity index (χ2n) is 8.17. The van der Waals surface area contributed by atoms with Crippen molar-refractivity contribution in [3.8, 4) is 0 Å². The van der Waals surface area contributed by atoms with Gasteiger partial charge in [-0.15, -0.1) is 0 Å². The van der Waals surface area contributed by atoms with Crippen LogP contribution in [-0.2, 0) is 0 Å². The van der Waals surface area contributed by atoms with Crippen LogP contribution in [-0.4, -0.2) is 34.0 Å². The third kappa shape index (κ3) is 3.75. The highest BCUT2D eigenvalue weighted by Gasteiger charge is 2.27. The number of urea groups is 1. The van der Waals surface area contributed by atoms with Gasteiger partial charge >= 0.3 is 6.03 Å². The number of hydrogen-bond acceptors (Lipinski definition) is 2. The zero-order valence-electron chi connectivity index (χ0n) is 17.1. The van der Waals surface area contributed by atoms with Gasteiger partial charge in [-0.1, -0.05) is 6.07 Å². The van der Waals surface area contributed by atoms with Crippen LogP contribution in [0.1, 0.15) is 46.8 Å². The average molecular weight is 377 g/mol. The molecule has 2 heterocycles. The Labute approximate surface area is 166 Å². The number of fused-ring (bicyclic) bond motifs is 1. The smallest absolute Gasteiger partial charge is 0.321 e. The van der Waals surface area contributed by atoms with Crippen molar-refractivity contribution in [1.82, 2.24) is 14.9 Å². The van der Waals surface area contributed by atoms with Gasteiger partial charge in [-0.3, -0.25) is 0 Å². The fourth-order valence-corrected chi connectivity index (χ4v) is 4.12. The van der Waals surface area contributed by atoms with Crippen molar-refractivity contribution in [2.24, 2.45) is 0 Å². The van der Waals surface area contributed by atoms with Crippen molar-refractivity contribution < 1.29 is 4.79 Å². The summed E-state index contributed by atoms with van der Waals surface area (Å²) in [6.07, 6.45) is 2.03. The van der Waals surface area contributed by atoms with Gasteiger partial charge in [-0.25, -0.2) is 9.78 Å². The summed E-state index contributed by atoms with van der Waals surface area (Å²) >= 11 is 0. The molecular weight excluding hydrogens is 348 g/mol. The first-order chi connectivity index (χ1) is 13.4. The maximum Gasteiger partial charge on any atom is 0.321 e. The number of amides is 2. The highest BCUT2D eigenvalue weighted by atomic mass is 16.2. The minimum atomic E-state index is -0.0301. The van der Waals surface area contributed by atoms with Gasteiger partial charge < -0.3 is 15.2 Å². The van der Waals surface area contributed by atoms with Gasteiger partial charge in [-0.2, -0.15) is 0 Å². The lowest BCUT2D eigenvalue weighted by Crippen LogP contribution is -2.41. The fourth-order valence-electron chi connectivity index (χ4n) is 4.12. The van der Waals surface area contributed by atoms with E-state index in [-0.39, 0.29) is 11.9 Å². The number of hydrogen-bond donors (Lipinski definition) is 2. The van der Waals surface area contributed by atoms with E-state index >= 15 is 0 Å². The van der Waals surface area contributed by atoms with Crippen LogP contribution in [0.3, 0.4) is 0 Å². The van der Waals surface area contributed by atoms with Crippen LogP contribution in [0.4, 0.5) is 10.5 Å². The van der Waals surface area contributed by atoms with Crippen LogP contribution in [0.2, 0.25) is 0 Å². The lowest BCUT2D eigenvalue weighted by Gasteiger charge is -2.32. The van der Waals surface area contributed by atoms with Crippen molar-refractivity contribution in [3.05, 3.63) is 58.4 Å². The number of nitrogens with one attached hydrogen (secondary N) is 2. The topological polar surface area (TPSA) is 61.0 Å². The molecule has 2 amide bonds. The molecule has 0 unspecified atom stereocenters. The molecule has 28 heavy (non-hydrogen) atoms. The first kappa shape index (κ1) is 18.5. The maximum absolute atomic E-state index is 12.8. The molecule has 0 bridgehead atoms. The quantitative estimate of drug-likeness (QED) is 0.645. The third-order valence-corrected chi connectivity index (χ3v) is 5.68. The summed E-state index contributed by atoms with van der Waals surface area (Å²) in [6, 6.07) is 10.4. The van der Waals surface area contributed by atoms with Crippen LogP contribution in [0, 0.1) is 27.7 Å². The highest BCUT2D eigenvalue weighted by Crippen LogP contribution is 2.28. The van der Waals surface area contributed by atoms with E-state index in [0.29, 0.717) is 6.54 Å². The van der Waals surface area contributed by atoms with Gasteiger partial charge in [0, 0.05) is 24.7 Å². The Morgan fingerprint density at radius 1 is 1.07 bits per heavy atom. The second-order valence-corrected chi connectivity index (χ2v) is 8.17. The monoisotopic (exact) mass is 376 g/mol. The molecule has 146 valence electrons. The number of carbonyl (C=O) groups is 1. The summed E-state index contributed by atoms with van der Waals surface area (Å²) in [4.78, 5) is 23.0. The normalized spacial score (nSPS) is 17.1. The van der Waals surface area contributed by atoms with E-state index in [2.05, 4.69) is 42.3 Å². The zero-order valence-corrected chi connectivity index (χ0v) is 17.1. The van der Waals surface area contributed by atoms with Crippen LogP contribution in [0.25, 0.3) is 11.0 Å². The van der Waals surface area contributed by atoms with E-state index in [1.165, 1.54) is 11.1 Å². The molecular formula is C23H28N4O. The lowest BCUT2D eigenvalue weighted by molar-refractivity contribution is 0.191. The van der Waals surface area contributed by atoms with E-state index in [1.54, 1.807) is 0 Å². The van der Waals surface area contributed by atoms with E-state index in [4.69, 9.17) is 4.98 Å². The third-order valence-electron chi connectivity index (χ3n) is 5.68. The van der Waals surface area contributed by atoms with Crippen LogP contribution in [0.5, 0.6) is 0 Å². The maximum atomic E-state index is 12.8. The summed E-state index contributed by atoms with van der Waals surface area (Å²) in [5, 5.41) is 3.06. The number of piperidine rings is 1. The molecule has 2 aromatic carbocycles. The minimum absolute atomic E-state index is 0.0301. The number of aryl methyl sites for hydroxylation is 4. The largest absolute Gasteiger partial charge is 0.342 e. The van der Waals surface area contributed by atoms with Crippen molar-refractivity contribution in [3.63, 3.8) is 0 Å². The highest BCUT2D eigenvalue weighted by molar-refractivity contribution is 5.89. The molecule has 0 saturated carbocycles. The van der Waals surface area contributed by atoms with E-state index < -0.39 is 0 Å². The molecule has 5 heteroatoms. The number of carbonyl (C=O) groups excluding carboxylic acids is 1. The van der Waals surface area contributed by atoms with Crippen molar-refractivity contribution in [2.45, 2.75) is 46.5 Å². The van der Waals surface area contributed by atoms with Crippen molar-refractivity contribution >= 4 is 22.8 Å². The standard InChI is InChI=1S/C23H28N4O/c1-14-8-15(2)10-19(9-14)24-23(28)27-7-5-6-18(13-27)22-25-20-11-16(3)17(4)12-21(20)26-22/h8-12,18H,5-7,13H2,1-4H3,(H,24,28)(H,25,26)/t18-/m1/s1. The molecule has 3 aromatic rings. The number of anilines is 1. The molecule has 0 radical (unpaired) electrons. The number of H-pyrrole nitrogens is 1. The predicted octanol–water partition coefficient (Wildman–Crippen LogP) is 5.21. The molecule has 1 aromatic heterocycles. The number of likely N-dealkylation sites (tertiary alicyclic amines) is 1. The number of rotatable bonds is 2. The van der Waals surface area contributed by atoms with Gasteiger partial charge in [0.2, 0.25) is 0 Å². The Bertz CT molecular complexity index is 977. The van der Waals surface area contributed by atoms with Crippen LogP contribution in [0.15, 0.2) is 30.3 Å². The molecule has 1 aliphatic heterocycles. The summed E-state index contributed by atoms with van der Waals surface area (Å²) in [5.41, 5.74) is 7.77. The van der Waals surface area contributed by atoms with Crippen LogP contribution < -0.4 is 5.32 Å². The van der Waals surface area contributed by atoms with Gasteiger partial charge in [-0.05, 0) is 87.1 Å². The van der Waals surface area contributed by atoms with Gasteiger partial charge in [0.15, 0.2) is 0 Å². The molecule has 0 spiro atoms. The molecule has 1 atom stereocenters.